The van der Waals surface area contributed by atoms with Crippen LogP contribution in [0.1, 0.15) is 47.2 Å². The van der Waals surface area contributed by atoms with Crippen molar-refractivity contribution in [2.45, 2.75) is 33.1 Å². The number of rotatable bonds is 2. The zero-order valence-corrected chi connectivity index (χ0v) is 17.6. The van der Waals surface area contributed by atoms with E-state index in [4.69, 9.17) is 0 Å². The van der Waals surface area contributed by atoms with Gasteiger partial charge in [-0.25, -0.2) is 0 Å². The molecular weight excluding hydrogens is 348 g/mol. The summed E-state index contributed by atoms with van der Waals surface area (Å²) >= 11 is 0. The summed E-state index contributed by atoms with van der Waals surface area (Å²) in [4.78, 5) is 0. The summed E-state index contributed by atoms with van der Waals surface area (Å²) in [7, 11) is 0. The lowest BCUT2D eigenvalue weighted by molar-refractivity contribution is 0.659. The Balaban J connectivity index is 1.51. The Bertz CT molecular complexity index is 1280. The molecule has 0 unspecified atom stereocenters. The van der Waals surface area contributed by atoms with E-state index in [0.717, 1.165) is 0 Å². The van der Waals surface area contributed by atoms with E-state index in [9.17, 15) is 0 Å². The van der Waals surface area contributed by atoms with Crippen LogP contribution in [0.2, 0.25) is 0 Å². The van der Waals surface area contributed by atoms with Crippen LogP contribution in [-0.4, -0.2) is 0 Å². The Labute approximate surface area is 173 Å². The van der Waals surface area contributed by atoms with Gasteiger partial charge in [0.25, 0.3) is 0 Å². The van der Waals surface area contributed by atoms with Gasteiger partial charge >= 0.3 is 0 Å². The molecule has 1 aliphatic rings. The van der Waals surface area contributed by atoms with Gasteiger partial charge in [0.05, 0.1) is 0 Å². The number of hydrogen-bond donors (Lipinski definition) is 0. The van der Waals surface area contributed by atoms with Crippen molar-refractivity contribution >= 4 is 22.9 Å². The number of aryl methyl sites for hydroxylation is 2. The van der Waals surface area contributed by atoms with Gasteiger partial charge in [-0.05, 0) is 64.1 Å². The highest BCUT2D eigenvalue weighted by molar-refractivity contribution is 5.87. The van der Waals surface area contributed by atoms with Gasteiger partial charge in [0.15, 0.2) is 0 Å². The molecule has 0 N–H and O–H groups in total. The largest absolute Gasteiger partial charge is 0.0587 e. The van der Waals surface area contributed by atoms with Crippen molar-refractivity contribution in [3.63, 3.8) is 0 Å². The molecule has 0 saturated carbocycles. The smallest absolute Gasteiger partial charge is 0.0159 e. The van der Waals surface area contributed by atoms with E-state index in [1.165, 1.54) is 55.3 Å². The minimum Gasteiger partial charge on any atom is -0.0587 e. The summed E-state index contributed by atoms with van der Waals surface area (Å²) in [5, 5.41) is 2.59. The molecule has 142 valence electrons. The van der Waals surface area contributed by atoms with Crippen LogP contribution in [0.5, 0.6) is 0 Å². The van der Waals surface area contributed by atoms with Crippen molar-refractivity contribution in [2.75, 3.05) is 0 Å². The Morgan fingerprint density at radius 2 is 1.07 bits per heavy atom. The molecule has 29 heavy (non-hydrogen) atoms. The van der Waals surface area contributed by atoms with Gasteiger partial charge in [-0.1, -0.05) is 104 Å². The third-order valence-electron chi connectivity index (χ3n) is 6.34. The quantitative estimate of drug-likeness (QED) is 0.312. The van der Waals surface area contributed by atoms with Gasteiger partial charge in [-0.3, -0.25) is 0 Å². The van der Waals surface area contributed by atoms with Crippen LogP contribution in [0, 0.1) is 13.8 Å². The first-order chi connectivity index (χ1) is 13.9. The monoisotopic (exact) mass is 374 g/mol. The second-order valence-electron chi connectivity index (χ2n) is 8.92. The van der Waals surface area contributed by atoms with E-state index >= 15 is 0 Å². The van der Waals surface area contributed by atoms with Gasteiger partial charge in [0.1, 0.15) is 0 Å². The topological polar surface area (TPSA) is 0 Å². The van der Waals surface area contributed by atoms with Crippen LogP contribution in [0.15, 0.2) is 72.8 Å². The first-order valence-electron chi connectivity index (χ1n) is 10.4. The highest BCUT2D eigenvalue weighted by Crippen LogP contribution is 2.49. The third kappa shape index (κ3) is 3.00. The van der Waals surface area contributed by atoms with E-state index in [1.807, 2.05) is 0 Å². The Kier molecular flexibility index (Phi) is 3.99. The SMILES string of the molecule is Cc1ccc2c(c1)C(C)(C)c1cc(C=Cc3ccc4cc(C)ccc4c3)ccc1-2. The maximum Gasteiger partial charge on any atom is 0.0159 e. The molecule has 0 radical (unpaired) electrons. The molecule has 0 atom stereocenters. The van der Waals surface area contributed by atoms with E-state index in [0.29, 0.717) is 0 Å². The van der Waals surface area contributed by atoms with Crippen LogP contribution in [0.25, 0.3) is 34.1 Å². The second kappa shape index (κ2) is 6.46. The molecule has 0 heteroatoms. The molecule has 4 aromatic rings. The fourth-order valence-corrected chi connectivity index (χ4v) is 4.65. The standard InChI is InChI=1S/C29H26/c1-19-5-11-24-17-21(9-12-23(24)15-19)7-8-22-10-14-26-25-13-6-20(2)16-27(25)29(3,4)28(26)18-22/h5-18H,1-4H3. The molecule has 0 amide bonds. The summed E-state index contributed by atoms with van der Waals surface area (Å²) < 4.78 is 0. The molecule has 0 fully saturated rings. The van der Waals surface area contributed by atoms with Gasteiger partial charge in [-0.2, -0.15) is 0 Å². The van der Waals surface area contributed by atoms with Gasteiger partial charge in [0, 0.05) is 5.41 Å². The predicted octanol–water partition coefficient (Wildman–Crippen LogP) is 7.93. The highest BCUT2D eigenvalue weighted by atomic mass is 14.4. The van der Waals surface area contributed by atoms with E-state index < -0.39 is 0 Å². The van der Waals surface area contributed by atoms with Crippen molar-refractivity contribution in [2.24, 2.45) is 0 Å². The molecule has 0 spiro atoms. The van der Waals surface area contributed by atoms with Crippen molar-refractivity contribution in [1.82, 2.24) is 0 Å². The molecule has 0 heterocycles. The lowest BCUT2D eigenvalue weighted by atomic mass is 9.81. The first kappa shape index (κ1) is 17.9. The summed E-state index contributed by atoms with van der Waals surface area (Å²) in [6.45, 7) is 9.01. The van der Waals surface area contributed by atoms with Crippen molar-refractivity contribution in [1.29, 1.82) is 0 Å². The average Bonchev–Trinajstić information content (AvgIpc) is 2.93. The first-order valence-corrected chi connectivity index (χ1v) is 10.4. The molecule has 0 bridgehead atoms. The maximum atomic E-state index is 2.37. The molecule has 5 rings (SSSR count). The van der Waals surface area contributed by atoms with Gasteiger partial charge < -0.3 is 0 Å². The maximum absolute atomic E-state index is 2.37. The molecule has 0 aliphatic heterocycles. The number of hydrogen-bond acceptors (Lipinski definition) is 0. The van der Waals surface area contributed by atoms with E-state index in [-0.39, 0.29) is 5.41 Å². The fourth-order valence-electron chi connectivity index (χ4n) is 4.65. The summed E-state index contributed by atoms with van der Waals surface area (Å²) in [5.41, 5.74) is 10.8. The number of fused-ring (bicyclic) bond motifs is 4. The summed E-state index contributed by atoms with van der Waals surface area (Å²) in [5.74, 6) is 0. The van der Waals surface area contributed by atoms with Crippen LogP contribution >= 0.6 is 0 Å². The Morgan fingerprint density at radius 1 is 0.552 bits per heavy atom. The third-order valence-corrected chi connectivity index (χ3v) is 6.34. The molecule has 0 nitrogen and oxygen atoms in total. The highest BCUT2D eigenvalue weighted by Gasteiger charge is 2.35. The summed E-state index contributed by atoms with van der Waals surface area (Å²) in [6, 6.07) is 27.1. The molecule has 0 aromatic heterocycles. The van der Waals surface area contributed by atoms with Crippen molar-refractivity contribution in [3.05, 3.63) is 106 Å². The lowest BCUT2D eigenvalue weighted by Gasteiger charge is -2.22. The zero-order valence-electron chi connectivity index (χ0n) is 17.6. The predicted molar refractivity (Wildman–Crippen MR) is 126 cm³/mol. The van der Waals surface area contributed by atoms with Gasteiger partial charge in [-0.15, -0.1) is 0 Å². The van der Waals surface area contributed by atoms with Crippen LogP contribution in [-0.2, 0) is 5.41 Å². The van der Waals surface area contributed by atoms with E-state index in [2.05, 4.69) is 113 Å². The second-order valence-corrected chi connectivity index (χ2v) is 8.92. The molecule has 0 saturated heterocycles. The fraction of sp³-hybridized carbons (Fsp3) is 0.172. The molecule has 4 aromatic carbocycles. The van der Waals surface area contributed by atoms with Gasteiger partial charge in [0.2, 0.25) is 0 Å². The average molecular weight is 375 g/mol. The van der Waals surface area contributed by atoms with Crippen molar-refractivity contribution in [3.8, 4) is 11.1 Å². The van der Waals surface area contributed by atoms with Crippen LogP contribution in [0.4, 0.5) is 0 Å². The van der Waals surface area contributed by atoms with Crippen molar-refractivity contribution < 1.29 is 0 Å². The lowest BCUT2D eigenvalue weighted by Crippen LogP contribution is -2.15. The minimum absolute atomic E-state index is 0.0430. The summed E-state index contributed by atoms with van der Waals surface area (Å²) in [6.07, 6.45) is 4.46. The zero-order chi connectivity index (χ0) is 20.2. The molecular formula is C29H26. The van der Waals surface area contributed by atoms with Crippen LogP contribution in [0.3, 0.4) is 0 Å². The molecule has 1 aliphatic carbocycles. The van der Waals surface area contributed by atoms with Crippen LogP contribution < -0.4 is 0 Å². The minimum atomic E-state index is 0.0430. The van der Waals surface area contributed by atoms with E-state index in [1.54, 1.807) is 0 Å². The normalized spacial score (nSPS) is 14.3. The Morgan fingerprint density at radius 3 is 1.86 bits per heavy atom. The Hall–Kier alpha value is -3.12. The number of benzene rings is 4.